The summed E-state index contributed by atoms with van der Waals surface area (Å²) in [6.45, 7) is 10.9. The largest absolute Gasteiger partial charge is 0.457 e. The second kappa shape index (κ2) is 13.3. The summed E-state index contributed by atoms with van der Waals surface area (Å²) in [7, 11) is -2.48. The predicted octanol–water partition coefficient (Wildman–Crippen LogP) is 4.04. The van der Waals surface area contributed by atoms with E-state index in [0.717, 1.165) is 12.8 Å². The summed E-state index contributed by atoms with van der Waals surface area (Å²) in [6, 6.07) is -1.15. The minimum atomic E-state index is -2.48. The molecule has 1 aliphatic rings. The maximum absolute atomic E-state index is 12.5. The second-order valence-electron chi connectivity index (χ2n) is 9.87. The molecule has 0 saturated carbocycles. The second-order valence-corrected chi connectivity index (χ2v) is 17.1. The van der Waals surface area contributed by atoms with Crippen LogP contribution in [0.5, 0.6) is 0 Å². The van der Waals surface area contributed by atoms with Gasteiger partial charge in [0, 0.05) is 6.42 Å². The van der Waals surface area contributed by atoms with Crippen LogP contribution in [0.25, 0.3) is 0 Å². The molecule has 1 saturated heterocycles. The fraction of sp³-hybridized carbons (Fsp3) is 0.905. The van der Waals surface area contributed by atoms with Gasteiger partial charge in [0.1, 0.15) is 24.9 Å². The van der Waals surface area contributed by atoms with Crippen molar-refractivity contribution in [3.63, 3.8) is 0 Å². The van der Waals surface area contributed by atoms with Crippen LogP contribution in [-0.2, 0) is 23.4 Å². The Morgan fingerprint density at radius 1 is 1.15 bits per heavy atom. The Bertz CT molecular complexity index is 671. The van der Waals surface area contributed by atoms with Crippen LogP contribution in [0.3, 0.4) is 0 Å². The van der Waals surface area contributed by atoms with Gasteiger partial charge in [-0.1, -0.05) is 75.3 Å². The lowest BCUT2D eigenvalue weighted by Gasteiger charge is -2.47. The average Bonchev–Trinajstić information content (AvgIpc) is 2.69. The van der Waals surface area contributed by atoms with E-state index in [4.69, 9.17) is 53.4 Å². The molecule has 1 aliphatic heterocycles. The number of alkyl halides is 3. The Hall–Kier alpha value is -0.333. The molecule has 0 spiro atoms. The number of carbonyl (C=O) groups is 2. The van der Waals surface area contributed by atoms with Gasteiger partial charge in [-0.2, -0.15) is 0 Å². The number of unbranched alkanes of at least 4 members (excludes halogenated alkanes) is 2. The van der Waals surface area contributed by atoms with Crippen molar-refractivity contribution in [2.24, 2.45) is 0 Å². The van der Waals surface area contributed by atoms with Gasteiger partial charge in [0.15, 0.2) is 20.7 Å². The van der Waals surface area contributed by atoms with Gasteiger partial charge in [-0.15, -0.1) is 0 Å². The van der Waals surface area contributed by atoms with Crippen molar-refractivity contribution in [1.29, 1.82) is 0 Å². The number of hydrogen-bond donors (Lipinski definition) is 3. The maximum Gasteiger partial charge on any atom is 0.407 e. The molecule has 1 amide bonds. The maximum atomic E-state index is 12.5. The molecule has 3 N–H and O–H groups in total. The van der Waals surface area contributed by atoms with Gasteiger partial charge in [0.25, 0.3) is 0 Å². The first-order chi connectivity index (χ1) is 15.5. The third kappa shape index (κ3) is 9.97. The van der Waals surface area contributed by atoms with Gasteiger partial charge < -0.3 is 34.2 Å². The van der Waals surface area contributed by atoms with E-state index in [1.165, 1.54) is 0 Å². The molecule has 9 nitrogen and oxygen atoms in total. The summed E-state index contributed by atoms with van der Waals surface area (Å²) in [5, 5.41) is 22.9. The van der Waals surface area contributed by atoms with Gasteiger partial charge in [0.05, 0.1) is 6.61 Å². The molecule has 13 heteroatoms. The van der Waals surface area contributed by atoms with E-state index in [2.05, 4.69) is 5.32 Å². The van der Waals surface area contributed by atoms with Gasteiger partial charge in [-0.05, 0) is 24.6 Å². The minimum Gasteiger partial charge on any atom is -0.457 e. The van der Waals surface area contributed by atoms with Crippen molar-refractivity contribution >= 4 is 55.2 Å². The first-order valence-corrected chi connectivity index (χ1v) is 15.4. The number of hydrogen-bond acceptors (Lipinski definition) is 8. The lowest BCUT2D eigenvalue weighted by atomic mass is 9.96. The lowest BCUT2D eigenvalue weighted by molar-refractivity contribution is -0.253. The quantitative estimate of drug-likeness (QED) is 0.157. The van der Waals surface area contributed by atoms with E-state index < -0.39 is 68.0 Å². The first kappa shape index (κ1) is 31.7. The summed E-state index contributed by atoms with van der Waals surface area (Å²) < 4.78 is 20.9. The summed E-state index contributed by atoms with van der Waals surface area (Å²) >= 11 is 16.9. The third-order valence-corrected chi connectivity index (χ3v) is 10.7. The van der Waals surface area contributed by atoms with E-state index >= 15 is 0 Å². The topological polar surface area (TPSA) is 124 Å². The summed E-state index contributed by atoms with van der Waals surface area (Å²) in [5.74, 6) is -0.552. The lowest BCUT2D eigenvalue weighted by Crippen LogP contribution is -2.67. The zero-order valence-electron chi connectivity index (χ0n) is 20.6. The van der Waals surface area contributed by atoms with E-state index in [1.54, 1.807) is 0 Å². The Labute approximate surface area is 217 Å². The number of carbonyl (C=O) groups excluding carboxylic acids is 2. The summed E-state index contributed by atoms with van der Waals surface area (Å²) in [6.07, 6.45) is -3.41. The molecule has 0 aromatic heterocycles. The molecule has 0 unspecified atom stereocenters. The Balaban J connectivity index is 3.22. The van der Waals surface area contributed by atoms with Crippen LogP contribution in [0.4, 0.5) is 4.79 Å². The van der Waals surface area contributed by atoms with E-state index in [-0.39, 0.29) is 11.5 Å². The molecule has 1 fully saturated rings. The van der Waals surface area contributed by atoms with Gasteiger partial charge in [0.2, 0.25) is 3.79 Å². The van der Waals surface area contributed by atoms with Crippen LogP contribution >= 0.6 is 34.8 Å². The molecule has 5 atom stereocenters. The van der Waals surface area contributed by atoms with Crippen LogP contribution in [0.2, 0.25) is 18.1 Å². The van der Waals surface area contributed by atoms with Crippen LogP contribution in [-0.4, -0.2) is 78.2 Å². The molecule has 1 heterocycles. The van der Waals surface area contributed by atoms with Crippen LogP contribution in [0, 0.1) is 0 Å². The van der Waals surface area contributed by atoms with Gasteiger partial charge in [-0.25, -0.2) is 4.79 Å². The predicted molar refractivity (Wildman–Crippen MR) is 133 cm³/mol. The van der Waals surface area contributed by atoms with Crippen molar-refractivity contribution < 1.29 is 38.4 Å². The van der Waals surface area contributed by atoms with Gasteiger partial charge >= 0.3 is 12.1 Å². The number of aliphatic hydroxyl groups excluding tert-OH is 2. The van der Waals surface area contributed by atoms with Crippen molar-refractivity contribution in [3.05, 3.63) is 0 Å². The highest BCUT2D eigenvalue weighted by Gasteiger charge is 2.52. The normalized spacial score (nSPS) is 26.1. The molecule has 34 heavy (non-hydrogen) atoms. The average molecular weight is 567 g/mol. The molecule has 0 aliphatic carbocycles. The molecule has 0 bridgehead atoms. The number of halogens is 3. The Kier molecular flexibility index (Phi) is 12.4. The Morgan fingerprint density at radius 3 is 2.26 bits per heavy atom. The van der Waals surface area contributed by atoms with Crippen molar-refractivity contribution in [2.45, 2.75) is 106 Å². The van der Waals surface area contributed by atoms with Crippen LogP contribution in [0.15, 0.2) is 0 Å². The fourth-order valence-corrected chi connectivity index (χ4v) is 4.28. The van der Waals surface area contributed by atoms with E-state index in [0.29, 0.717) is 6.42 Å². The number of alkyl carbamates (subject to hydrolysis) is 1. The minimum absolute atomic E-state index is 0.139. The van der Waals surface area contributed by atoms with Crippen LogP contribution < -0.4 is 5.32 Å². The molecule has 1 rings (SSSR count). The SMILES string of the molecule is CCCCCC(=O)O[C@H]1[C@H](O)[C@@H](CO)O[C@@H](O[Si](C)(C)C(C)(C)C)[C@@H]1NC(=O)OCC(Cl)(Cl)Cl. The number of nitrogens with one attached hydrogen (secondary N) is 1. The monoisotopic (exact) mass is 565 g/mol. The number of esters is 1. The summed E-state index contributed by atoms with van der Waals surface area (Å²) in [4.78, 5) is 25.0. The fourth-order valence-electron chi connectivity index (χ4n) is 2.98. The highest BCUT2D eigenvalue weighted by molar-refractivity contribution is 6.74. The van der Waals surface area contributed by atoms with Crippen molar-refractivity contribution in [3.8, 4) is 0 Å². The van der Waals surface area contributed by atoms with Crippen LogP contribution in [0.1, 0.15) is 53.4 Å². The molecular weight excluding hydrogens is 529 g/mol. The zero-order chi connectivity index (χ0) is 26.3. The number of rotatable bonds is 10. The zero-order valence-corrected chi connectivity index (χ0v) is 23.9. The molecule has 0 aromatic rings. The van der Waals surface area contributed by atoms with Crippen molar-refractivity contribution in [2.75, 3.05) is 13.2 Å². The van der Waals surface area contributed by atoms with E-state index in [1.807, 2.05) is 40.8 Å². The number of aliphatic hydroxyl groups is 2. The Morgan fingerprint density at radius 2 is 1.76 bits per heavy atom. The van der Waals surface area contributed by atoms with Crippen molar-refractivity contribution in [1.82, 2.24) is 5.32 Å². The molecule has 0 aromatic carbocycles. The standard InChI is InChI=1S/C21H38Cl3NO8Si/c1-7-8-9-10-14(27)32-17-15(25-19(29)30-12-21(22,23)24)18(31-13(11-26)16(17)28)33-34(5,6)20(2,3)4/h13,15-18,26,28H,7-12H2,1-6H3,(H,25,29)/t13-,15-,16-,17-,18+/m1/s1. The highest BCUT2D eigenvalue weighted by Crippen LogP contribution is 2.39. The molecule has 200 valence electrons. The first-order valence-electron chi connectivity index (χ1n) is 11.3. The summed E-state index contributed by atoms with van der Waals surface area (Å²) in [5.41, 5.74) is 0. The van der Waals surface area contributed by atoms with E-state index in [9.17, 15) is 19.8 Å². The number of ether oxygens (including phenoxy) is 3. The smallest absolute Gasteiger partial charge is 0.407 e. The number of amides is 1. The van der Waals surface area contributed by atoms with Gasteiger partial charge in [-0.3, -0.25) is 4.79 Å². The molecular formula is C21H38Cl3NO8Si. The molecule has 0 radical (unpaired) electrons. The third-order valence-electron chi connectivity index (χ3n) is 5.97. The highest BCUT2D eigenvalue weighted by atomic mass is 35.6.